The molecule has 2 aromatic carbocycles. The summed E-state index contributed by atoms with van der Waals surface area (Å²) in [6.07, 6.45) is 1.09. The first kappa shape index (κ1) is 24.1. The molecule has 0 fully saturated rings. The summed E-state index contributed by atoms with van der Waals surface area (Å²) in [4.78, 5) is 3.91. The van der Waals surface area contributed by atoms with E-state index in [2.05, 4.69) is 81.3 Å². The third-order valence-electron chi connectivity index (χ3n) is 4.21. The van der Waals surface area contributed by atoms with Crippen LogP contribution in [0.3, 0.4) is 0 Å². The predicted octanol–water partition coefficient (Wildman–Crippen LogP) is -1.94. The van der Waals surface area contributed by atoms with E-state index in [0.29, 0.717) is 0 Å². The van der Waals surface area contributed by atoms with Crippen molar-refractivity contribution < 1.29 is 50.7 Å². The van der Waals surface area contributed by atoms with E-state index in [1.54, 1.807) is 10.8 Å². The van der Waals surface area contributed by atoms with Crippen molar-refractivity contribution in [1.82, 2.24) is 4.98 Å². The standard InChI is InChI=1S/C19H25NSi.2ClH.Hf/c1-19(2,3)20-21(4,5)18-12-8-11-16-15-10-7-6-9-14(15)13-17(16)18;;;/h6-12,20H,13H2,1-5H3;2*1H;/q;;;+2/p-2. The first-order valence-electron chi connectivity index (χ1n) is 7.78. The summed E-state index contributed by atoms with van der Waals surface area (Å²) >= 11 is 0. The Hall–Kier alpha value is 0.0670. The zero-order chi connectivity index (χ0) is 15.3. The summed E-state index contributed by atoms with van der Waals surface area (Å²) in [5.41, 5.74) is 6.05. The molecule has 0 saturated carbocycles. The Morgan fingerprint density at radius 1 is 0.875 bits per heavy atom. The summed E-state index contributed by atoms with van der Waals surface area (Å²) in [5, 5.41) is 1.56. The summed E-state index contributed by atoms with van der Waals surface area (Å²) in [6, 6.07) is 15.7. The smallest absolute Gasteiger partial charge is 1.00 e. The average molecular weight is 545 g/mol. The van der Waals surface area contributed by atoms with Crippen LogP contribution in [0.2, 0.25) is 13.1 Å². The largest absolute Gasteiger partial charge is 2.00 e. The van der Waals surface area contributed by atoms with Crippen LogP contribution in [0.4, 0.5) is 0 Å². The molecular weight excluding hydrogens is 520 g/mol. The fraction of sp³-hybridized carbons (Fsp3) is 0.368. The number of halogens is 2. The first-order valence-corrected chi connectivity index (χ1v) is 10.8. The summed E-state index contributed by atoms with van der Waals surface area (Å²) in [6.45, 7) is 11.6. The van der Waals surface area contributed by atoms with Crippen LogP contribution in [0, 0.1) is 0 Å². The van der Waals surface area contributed by atoms with Crippen molar-refractivity contribution in [2.24, 2.45) is 0 Å². The third kappa shape index (κ3) is 4.82. The molecule has 0 spiro atoms. The number of nitrogens with one attached hydrogen (secondary N) is 1. The van der Waals surface area contributed by atoms with Gasteiger partial charge in [-0.2, -0.15) is 0 Å². The fourth-order valence-corrected chi connectivity index (χ4v) is 7.25. The Kier molecular flexibility index (Phi) is 8.66. The maximum absolute atomic E-state index is 3.91. The number of rotatable bonds is 2. The van der Waals surface area contributed by atoms with Crippen LogP contribution >= 0.6 is 0 Å². The van der Waals surface area contributed by atoms with E-state index in [0.717, 1.165) is 6.42 Å². The van der Waals surface area contributed by atoms with E-state index < -0.39 is 8.24 Å². The molecule has 1 N–H and O–H groups in total. The minimum Gasteiger partial charge on any atom is -1.00 e. The van der Waals surface area contributed by atoms with Gasteiger partial charge in [-0.3, -0.25) is 0 Å². The average Bonchev–Trinajstić information content (AvgIpc) is 2.74. The van der Waals surface area contributed by atoms with Gasteiger partial charge in [-0.1, -0.05) is 55.6 Å². The van der Waals surface area contributed by atoms with E-state index >= 15 is 0 Å². The van der Waals surface area contributed by atoms with Gasteiger partial charge in [0.1, 0.15) is 0 Å². The zero-order valence-electron chi connectivity index (χ0n) is 15.0. The second-order valence-electron chi connectivity index (χ2n) is 7.67. The van der Waals surface area contributed by atoms with E-state index in [4.69, 9.17) is 0 Å². The monoisotopic (exact) mass is 545 g/mol. The minimum absolute atomic E-state index is 0. The number of benzene rings is 2. The molecule has 0 aliphatic heterocycles. The van der Waals surface area contributed by atoms with Gasteiger partial charge in [-0.15, -0.1) is 0 Å². The summed E-state index contributed by atoms with van der Waals surface area (Å²) in [7, 11) is -1.66. The second-order valence-corrected chi connectivity index (χ2v) is 11.7. The van der Waals surface area contributed by atoms with Crippen molar-refractivity contribution >= 4 is 13.4 Å². The van der Waals surface area contributed by atoms with Gasteiger partial charge in [-0.25, -0.2) is 0 Å². The molecule has 0 radical (unpaired) electrons. The van der Waals surface area contributed by atoms with Gasteiger partial charge in [0.25, 0.3) is 0 Å². The van der Waals surface area contributed by atoms with Crippen molar-refractivity contribution in [2.75, 3.05) is 0 Å². The van der Waals surface area contributed by atoms with Crippen LogP contribution in [0.25, 0.3) is 11.1 Å². The van der Waals surface area contributed by atoms with Crippen molar-refractivity contribution in [1.29, 1.82) is 0 Å². The molecule has 0 bridgehead atoms. The van der Waals surface area contributed by atoms with E-state index in [1.807, 2.05) is 0 Å². The quantitative estimate of drug-likeness (QED) is 0.371. The van der Waals surface area contributed by atoms with E-state index in [-0.39, 0.29) is 56.2 Å². The van der Waals surface area contributed by atoms with Gasteiger partial charge in [0.15, 0.2) is 8.24 Å². The minimum atomic E-state index is -1.66. The molecule has 1 nitrogen and oxygen atoms in total. The van der Waals surface area contributed by atoms with Crippen LogP contribution in [-0.4, -0.2) is 13.8 Å². The van der Waals surface area contributed by atoms with Gasteiger partial charge >= 0.3 is 25.8 Å². The molecule has 0 amide bonds. The van der Waals surface area contributed by atoms with Crippen LogP contribution in [-0.2, 0) is 32.3 Å². The van der Waals surface area contributed by atoms with E-state index in [9.17, 15) is 0 Å². The van der Waals surface area contributed by atoms with Gasteiger partial charge < -0.3 is 29.8 Å². The molecule has 0 saturated heterocycles. The maximum atomic E-state index is 3.91. The maximum Gasteiger partial charge on any atom is 2.00 e. The molecule has 24 heavy (non-hydrogen) atoms. The number of fused-ring (bicyclic) bond motifs is 3. The van der Waals surface area contributed by atoms with Gasteiger partial charge in [-0.05, 0) is 54.6 Å². The van der Waals surface area contributed by atoms with Crippen LogP contribution in [0.5, 0.6) is 0 Å². The van der Waals surface area contributed by atoms with Gasteiger partial charge in [0.05, 0.1) is 0 Å². The summed E-state index contributed by atoms with van der Waals surface area (Å²) in [5.74, 6) is 0. The predicted molar refractivity (Wildman–Crippen MR) is 94.7 cm³/mol. The SMILES string of the molecule is CC(C)(C)N[Si](C)(C)c1cccc2c1Cc1ccccc1-2.[Cl-].[Cl-].[Hf+2]. The first-order chi connectivity index (χ1) is 9.78. The fourth-order valence-electron chi connectivity index (χ4n) is 3.75. The molecule has 1 aliphatic rings. The molecule has 128 valence electrons. The molecule has 0 aromatic heterocycles. The third-order valence-corrected chi connectivity index (χ3v) is 7.40. The molecule has 0 unspecified atom stereocenters. The van der Waals surface area contributed by atoms with Crippen molar-refractivity contribution in [3.05, 3.63) is 53.6 Å². The summed E-state index contributed by atoms with van der Waals surface area (Å²) < 4.78 is 0. The Morgan fingerprint density at radius 2 is 1.46 bits per heavy atom. The Bertz CT molecular complexity index is 696. The van der Waals surface area contributed by atoms with Crippen molar-refractivity contribution in [2.45, 2.75) is 45.8 Å². The van der Waals surface area contributed by atoms with Crippen molar-refractivity contribution in [3.8, 4) is 11.1 Å². The van der Waals surface area contributed by atoms with Crippen LogP contribution < -0.4 is 35.0 Å². The number of hydrogen-bond donors (Lipinski definition) is 1. The van der Waals surface area contributed by atoms with Gasteiger partial charge in [0, 0.05) is 5.54 Å². The molecule has 3 rings (SSSR count). The second kappa shape index (κ2) is 8.63. The van der Waals surface area contributed by atoms with Gasteiger partial charge in [0.2, 0.25) is 0 Å². The van der Waals surface area contributed by atoms with Crippen LogP contribution in [0.1, 0.15) is 31.9 Å². The molecule has 5 heteroatoms. The Balaban J connectivity index is 0.00000176. The molecule has 0 atom stereocenters. The molecule has 1 aliphatic carbocycles. The molecule has 0 heterocycles. The Morgan fingerprint density at radius 3 is 2.08 bits per heavy atom. The zero-order valence-corrected chi connectivity index (χ0v) is 21.1. The van der Waals surface area contributed by atoms with E-state index in [1.165, 1.54) is 16.7 Å². The number of hydrogen-bond acceptors (Lipinski definition) is 1. The normalized spacial score (nSPS) is 12.2. The molecular formula is C19H25Cl2HfNSi. The Labute approximate surface area is 178 Å². The topological polar surface area (TPSA) is 12.0 Å². The van der Waals surface area contributed by atoms with Crippen LogP contribution in [0.15, 0.2) is 42.5 Å². The van der Waals surface area contributed by atoms with Crippen molar-refractivity contribution in [3.63, 3.8) is 0 Å². The molecule has 2 aromatic rings.